The zero-order valence-electron chi connectivity index (χ0n) is 18.8. The second kappa shape index (κ2) is 9.74. The topological polar surface area (TPSA) is 113 Å². The van der Waals surface area contributed by atoms with Crippen LogP contribution in [0.3, 0.4) is 0 Å². The standard InChI is InChI=1S/C21H28N4O5S2/c1-13-18(21(27)30-5)14(2)23-19(13)20(26)15(3)31-17-7-6-16(12-22-17)32(28,29)25-10-8-24(4)9-11-25/h6-7,12,15,23H,8-11H2,1-5H3. The van der Waals surface area contributed by atoms with Crippen LogP contribution in [0.25, 0.3) is 0 Å². The molecule has 1 aliphatic heterocycles. The largest absolute Gasteiger partial charge is 0.465 e. The van der Waals surface area contributed by atoms with Gasteiger partial charge in [0.05, 0.1) is 28.6 Å². The van der Waals surface area contributed by atoms with Crippen LogP contribution in [0.2, 0.25) is 0 Å². The lowest BCUT2D eigenvalue weighted by atomic mass is 10.1. The van der Waals surface area contributed by atoms with Gasteiger partial charge in [0.25, 0.3) is 0 Å². The molecule has 11 heteroatoms. The lowest BCUT2D eigenvalue weighted by Crippen LogP contribution is -2.47. The van der Waals surface area contributed by atoms with Crippen molar-refractivity contribution in [2.45, 2.75) is 35.9 Å². The molecule has 3 rings (SSSR count). The highest BCUT2D eigenvalue weighted by Gasteiger charge is 2.29. The molecule has 32 heavy (non-hydrogen) atoms. The number of rotatable bonds is 7. The normalized spacial score (nSPS) is 16.7. The highest BCUT2D eigenvalue weighted by atomic mass is 32.2. The highest BCUT2D eigenvalue weighted by Crippen LogP contribution is 2.28. The van der Waals surface area contributed by atoms with Gasteiger partial charge in [0.15, 0.2) is 5.78 Å². The van der Waals surface area contributed by atoms with Crippen LogP contribution in [0.5, 0.6) is 0 Å². The van der Waals surface area contributed by atoms with E-state index in [-0.39, 0.29) is 10.7 Å². The Morgan fingerprint density at radius 1 is 1.19 bits per heavy atom. The number of ether oxygens (including phenoxy) is 1. The fourth-order valence-corrected chi connectivity index (χ4v) is 5.82. The number of Topliss-reactive ketones (excluding diaryl/α,β-unsaturated/α-hetero) is 1. The Kier molecular flexibility index (Phi) is 7.43. The number of nitrogens with zero attached hydrogens (tertiary/aromatic N) is 3. The van der Waals surface area contributed by atoms with Gasteiger partial charge < -0.3 is 14.6 Å². The lowest BCUT2D eigenvalue weighted by Gasteiger charge is -2.31. The maximum Gasteiger partial charge on any atom is 0.339 e. The number of nitrogens with one attached hydrogen (secondary N) is 1. The molecule has 1 atom stereocenters. The summed E-state index contributed by atoms with van der Waals surface area (Å²) < 4.78 is 31.9. The second-order valence-electron chi connectivity index (χ2n) is 7.78. The number of carbonyl (C=O) groups is 2. The van der Waals surface area contributed by atoms with Crippen LogP contribution in [-0.4, -0.2) is 84.9 Å². The third-order valence-corrected chi connectivity index (χ3v) is 8.48. The molecule has 2 aromatic heterocycles. The molecule has 3 heterocycles. The molecule has 1 saturated heterocycles. The number of hydrogen-bond donors (Lipinski definition) is 1. The summed E-state index contributed by atoms with van der Waals surface area (Å²) in [6.07, 6.45) is 1.34. The van der Waals surface area contributed by atoms with Crippen LogP contribution in [0.15, 0.2) is 28.3 Å². The number of sulfonamides is 1. The molecule has 174 valence electrons. The van der Waals surface area contributed by atoms with Crippen LogP contribution in [0, 0.1) is 13.8 Å². The van der Waals surface area contributed by atoms with E-state index in [0.29, 0.717) is 53.7 Å². The smallest absolute Gasteiger partial charge is 0.339 e. The number of esters is 1. The molecule has 0 radical (unpaired) electrons. The first kappa shape index (κ1) is 24.4. The molecule has 2 aromatic rings. The van der Waals surface area contributed by atoms with E-state index in [9.17, 15) is 18.0 Å². The summed E-state index contributed by atoms with van der Waals surface area (Å²) in [4.78, 5) is 34.4. The van der Waals surface area contributed by atoms with Crippen molar-refractivity contribution in [2.24, 2.45) is 0 Å². The monoisotopic (exact) mass is 480 g/mol. The average Bonchev–Trinajstić information content (AvgIpc) is 3.07. The molecule has 0 aromatic carbocycles. The molecule has 1 fully saturated rings. The Bertz CT molecular complexity index is 1100. The fraction of sp³-hybridized carbons (Fsp3) is 0.476. The second-order valence-corrected chi connectivity index (χ2v) is 11.1. The first-order valence-electron chi connectivity index (χ1n) is 10.2. The summed E-state index contributed by atoms with van der Waals surface area (Å²) in [5, 5.41) is 0.0436. The predicted molar refractivity (Wildman–Crippen MR) is 122 cm³/mol. The number of piperazine rings is 1. The van der Waals surface area contributed by atoms with Gasteiger partial charge in [0.2, 0.25) is 10.0 Å². The van der Waals surface area contributed by atoms with E-state index >= 15 is 0 Å². The first-order valence-corrected chi connectivity index (χ1v) is 12.5. The van der Waals surface area contributed by atoms with Crippen molar-refractivity contribution < 1.29 is 22.7 Å². The molecule has 9 nitrogen and oxygen atoms in total. The Labute approximate surface area is 192 Å². The maximum atomic E-state index is 13.0. The summed E-state index contributed by atoms with van der Waals surface area (Å²) in [7, 11) is -0.326. The van der Waals surface area contributed by atoms with Crippen LogP contribution >= 0.6 is 11.8 Å². The van der Waals surface area contributed by atoms with Crippen LogP contribution < -0.4 is 0 Å². The van der Waals surface area contributed by atoms with Crippen molar-refractivity contribution in [3.63, 3.8) is 0 Å². The van der Waals surface area contributed by atoms with Crippen LogP contribution in [-0.2, 0) is 14.8 Å². The average molecular weight is 481 g/mol. The number of carbonyl (C=O) groups excluding carboxylic acids is 2. The summed E-state index contributed by atoms with van der Waals surface area (Å²) >= 11 is 1.23. The predicted octanol–water partition coefficient (Wildman–Crippen LogP) is 2.11. The quantitative estimate of drug-likeness (QED) is 0.364. The summed E-state index contributed by atoms with van der Waals surface area (Å²) in [5.74, 6) is -0.670. The van der Waals surface area contributed by atoms with Crippen LogP contribution in [0.1, 0.15) is 39.0 Å². The van der Waals surface area contributed by atoms with Crippen molar-refractivity contribution in [2.75, 3.05) is 40.3 Å². The minimum atomic E-state index is -3.59. The zero-order chi connectivity index (χ0) is 23.6. The van der Waals surface area contributed by atoms with Gasteiger partial charge >= 0.3 is 5.97 Å². The number of H-pyrrole nitrogens is 1. The number of aromatic nitrogens is 2. The third-order valence-electron chi connectivity index (χ3n) is 5.55. The molecule has 0 bridgehead atoms. The number of aromatic amines is 1. The minimum Gasteiger partial charge on any atom is -0.465 e. The molecule has 0 aliphatic carbocycles. The Hall–Kier alpha value is -2.21. The molecule has 1 N–H and O–H groups in total. The van der Waals surface area contributed by atoms with Gasteiger partial charge in [-0.15, -0.1) is 0 Å². The van der Waals surface area contributed by atoms with Crippen LogP contribution in [0.4, 0.5) is 0 Å². The van der Waals surface area contributed by atoms with Gasteiger partial charge in [-0.2, -0.15) is 4.31 Å². The molecular formula is C21H28N4O5S2. The van der Waals surface area contributed by atoms with Crippen molar-refractivity contribution in [1.29, 1.82) is 0 Å². The van der Waals surface area contributed by atoms with Crippen molar-refractivity contribution >= 4 is 33.5 Å². The number of methoxy groups -OCH3 is 1. The summed E-state index contributed by atoms with van der Waals surface area (Å²) in [6.45, 7) is 7.44. The fourth-order valence-electron chi connectivity index (χ4n) is 3.61. The molecule has 0 saturated carbocycles. The lowest BCUT2D eigenvalue weighted by molar-refractivity contribution is 0.0599. The molecular weight excluding hydrogens is 452 g/mol. The van der Waals surface area contributed by atoms with Gasteiger partial charge in [-0.1, -0.05) is 11.8 Å². The van der Waals surface area contributed by atoms with Crippen molar-refractivity contribution in [1.82, 2.24) is 19.2 Å². The number of likely N-dealkylation sites (N-methyl/N-ethyl adjacent to an activating group) is 1. The van der Waals surface area contributed by atoms with Gasteiger partial charge in [-0.3, -0.25) is 4.79 Å². The van der Waals surface area contributed by atoms with Crippen molar-refractivity contribution in [3.8, 4) is 0 Å². The Balaban J connectivity index is 1.72. The first-order chi connectivity index (χ1) is 15.1. The van der Waals surface area contributed by atoms with Gasteiger partial charge in [0.1, 0.15) is 4.90 Å². The molecule has 1 aliphatic rings. The third kappa shape index (κ3) is 4.90. The number of hydrogen-bond acceptors (Lipinski definition) is 8. The van der Waals surface area contributed by atoms with Gasteiger partial charge in [0, 0.05) is 38.1 Å². The zero-order valence-corrected chi connectivity index (χ0v) is 20.5. The van der Waals surface area contributed by atoms with Gasteiger partial charge in [-0.25, -0.2) is 18.2 Å². The van der Waals surface area contributed by atoms with Crippen molar-refractivity contribution in [3.05, 3.63) is 40.8 Å². The number of ketones is 1. The minimum absolute atomic E-state index is 0.143. The molecule has 0 spiro atoms. The van der Waals surface area contributed by atoms with E-state index in [1.807, 2.05) is 7.05 Å². The van der Waals surface area contributed by atoms with E-state index < -0.39 is 21.2 Å². The number of aryl methyl sites for hydroxylation is 1. The maximum absolute atomic E-state index is 13.0. The molecule has 0 amide bonds. The Morgan fingerprint density at radius 2 is 1.84 bits per heavy atom. The van der Waals surface area contributed by atoms with E-state index in [1.165, 1.54) is 35.4 Å². The Morgan fingerprint density at radius 3 is 2.41 bits per heavy atom. The number of pyridine rings is 1. The number of thioether (sulfide) groups is 1. The van der Waals surface area contributed by atoms with E-state index in [2.05, 4.69) is 14.9 Å². The highest BCUT2D eigenvalue weighted by molar-refractivity contribution is 8.00. The van der Waals surface area contributed by atoms with E-state index in [4.69, 9.17) is 4.74 Å². The van der Waals surface area contributed by atoms with Gasteiger partial charge in [-0.05, 0) is 45.5 Å². The van der Waals surface area contributed by atoms with E-state index in [0.717, 1.165) is 0 Å². The summed E-state index contributed by atoms with van der Waals surface area (Å²) in [6, 6.07) is 3.14. The molecule has 1 unspecified atom stereocenters. The summed E-state index contributed by atoms with van der Waals surface area (Å²) in [5.41, 5.74) is 1.85. The SMILES string of the molecule is COC(=O)c1c(C)[nH]c(C(=O)C(C)Sc2ccc(S(=O)(=O)N3CCN(C)CC3)cn2)c1C. The van der Waals surface area contributed by atoms with E-state index in [1.54, 1.807) is 26.8 Å².